The highest BCUT2D eigenvalue weighted by Gasteiger charge is 2.51. The fourth-order valence-electron chi connectivity index (χ4n) is 6.96. The van der Waals surface area contributed by atoms with E-state index in [1.807, 2.05) is 17.9 Å². The number of hydrogen-bond donors (Lipinski definition) is 0. The molecule has 0 spiro atoms. The summed E-state index contributed by atoms with van der Waals surface area (Å²) in [6, 6.07) is 10.8. The van der Waals surface area contributed by atoms with Crippen LogP contribution in [0.3, 0.4) is 0 Å². The first kappa shape index (κ1) is 32.2. The smallest absolute Gasteiger partial charge is 0.412 e. The van der Waals surface area contributed by atoms with Gasteiger partial charge in [-0.15, -0.1) is 0 Å². The Bertz CT molecular complexity index is 869. The van der Waals surface area contributed by atoms with Gasteiger partial charge in [-0.3, -0.25) is 4.79 Å². The van der Waals surface area contributed by atoms with Crippen LogP contribution in [0.25, 0.3) is 0 Å². The molecule has 2 saturated carbocycles. The number of unbranched alkanes of at least 4 members (excludes halogenated alkanes) is 11. The van der Waals surface area contributed by atoms with Gasteiger partial charge in [0.15, 0.2) is 0 Å². The second-order valence-corrected chi connectivity index (χ2v) is 11.9. The van der Waals surface area contributed by atoms with Crippen LogP contribution in [0.4, 0.5) is 4.79 Å². The number of esters is 1. The summed E-state index contributed by atoms with van der Waals surface area (Å²) in [5, 5.41) is 0. The van der Waals surface area contributed by atoms with Crippen molar-refractivity contribution in [3.05, 3.63) is 48.0 Å². The number of fused-ring (bicyclic) bond motifs is 2. The minimum atomic E-state index is -0.366. The Morgan fingerprint density at radius 2 is 1.43 bits per heavy atom. The van der Waals surface area contributed by atoms with Crippen LogP contribution in [0, 0.1) is 11.8 Å². The standard InChI is InChI=1S/C35H55NO4/c1-3-5-6-7-8-9-10-11-12-13-14-15-16-17-21-24-32(37)39-28-40-35(38)36(4-2)34-31-26-25-30(27-31)33(34)29-22-19-18-20-23-29/h11-12,18-20,22-23,30-31,33-34H,3-10,13-17,21,24-28H2,1-2H3/b12-11-. The molecule has 2 bridgehead atoms. The Labute approximate surface area is 244 Å². The Morgan fingerprint density at radius 3 is 2.10 bits per heavy atom. The van der Waals surface area contributed by atoms with E-state index in [9.17, 15) is 9.59 Å². The van der Waals surface area contributed by atoms with E-state index in [1.54, 1.807) is 0 Å². The maximum atomic E-state index is 13.0. The molecule has 5 heteroatoms. The molecule has 2 aliphatic rings. The molecule has 4 atom stereocenters. The molecule has 0 N–H and O–H groups in total. The Morgan fingerprint density at radius 1 is 0.800 bits per heavy atom. The molecule has 0 heterocycles. The number of carbonyl (C=O) groups is 2. The van der Waals surface area contributed by atoms with Gasteiger partial charge in [-0.1, -0.05) is 101 Å². The number of allylic oxidation sites excluding steroid dienone is 2. The number of nitrogens with zero attached hydrogens (tertiary/aromatic N) is 1. The van der Waals surface area contributed by atoms with Crippen LogP contribution in [0.2, 0.25) is 0 Å². The largest absolute Gasteiger partial charge is 0.428 e. The molecule has 1 aromatic rings. The Balaban J connectivity index is 1.22. The first-order valence-corrected chi connectivity index (χ1v) is 16.4. The molecular weight excluding hydrogens is 498 g/mol. The van der Waals surface area contributed by atoms with Crippen molar-refractivity contribution < 1.29 is 19.1 Å². The lowest BCUT2D eigenvalue weighted by Gasteiger charge is -2.39. The van der Waals surface area contributed by atoms with E-state index in [1.165, 1.54) is 82.6 Å². The number of carbonyl (C=O) groups excluding carboxylic acids is 2. The lowest BCUT2D eigenvalue weighted by Crippen LogP contribution is -2.47. The van der Waals surface area contributed by atoms with Gasteiger partial charge in [-0.2, -0.15) is 0 Å². The fraction of sp³-hybridized carbons (Fsp3) is 0.714. The van der Waals surface area contributed by atoms with E-state index in [-0.39, 0.29) is 24.9 Å². The predicted molar refractivity (Wildman–Crippen MR) is 163 cm³/mol. The highest BCUT2D eigenvalue weighted by atomic mass is 16.7. The number of rotatable bonds is 20. The molecule has 2 fully saturated rings. The lowest BCUT2D eigenvalue weighted by atomic mass is 9.79. The molecule has 0 saturated heterocycles. The maximum absolute atomic E-state index is 13.0. The molecule has 0 aromatic heterocycles. The molecule has 3 rings (SSSR count). The zero-order chi connectivity index (χ0) is 28.4. The summed E-state index contributed by atoms with van der Waals surface area (Å²) >= 11 is 0. The molecule has 1 amide bonds. The number of amides is 1. The highest BCUT2D eigenvalue weighted by Crippen LogP contribution is 2.54. The molecule has 0 radical (unpaired) electrons. The van der Waals surface area contributed by atoms with Crippen molar-refractivity contribution in [3.63, 3.8) is 0 Å². The van der Waals surface area contributed by atoms with Crippen molar-refractivity contribution in [2.45, 2.75) is 135 Å². The summed E-state index contributed by atoms with van der Waals surface area (Å²) in [6.45, 7) is 4.57. The van der Waals surface area contributed by atoms with Crippen molar-refractivity contribution in [3.8, 4) is 0 Å². The van der Waals surface area contributed by atoms with Crippen molar-refractivity contribution in [1.29, 1.82) is 0 Å². The fourth-order valence-corrected chi connectivity index (χ4v) is 6.96. The van der Waals surface area contributed by atoms with E-state index in [0.717, 1.165) is 25.7 Å². The third kappa shape index (κ3) is 10.6. The van der Waals surface area contributed by atoms with Gasteiger partial charge < -0.3 is 14.4 Å². The van der Waals surface area contributed by atoms with Crippen molar-refractivity contribution in [2.24, 2.45) is 11.8 Å². The summed E-state index contributed by atoms with van der Waals surface area (Å²) in [6.07, 6.45) is 24.2. The van der Waals surface area contributed by atoms with Crippen LogP contribution in [-0.2, 0) is 14.3 Å². The van der Waals surface area contributed by atoms with Crippen molar-refractivity contribution in [1.82, 2.24) is 4.90 Å². The first-order valence-electron chi connectivity index (χ1n) is 16.4. The van der Waals surface area contributed by atoms with Crippen molar-refractivity contribution in [2.75, 3.05) is 13.3 Å². The molecule has 1 aromatic carbocycles. The minimum Gasteiger partial charge on any atom is -0.428 e. The topological polar surface area (TPSA) is 55.8 Å². The van der Waals surface area contributed by atoms with Gasteiger partial charge in [0.1, 0.15) is 0 Å². The predicted octanol–water partition coefficient (Wildman–Crippen LogP) is 9.57. The second kappa shape index (κ2) is 18.9. The zero-order valence-electron chi connectivity index (χ0n) is 25.4. The number of benzene rings is 1. The minimum absolute atomic E-state index is 0.158. The molecule has 5 nitrogen and oxygen atoms in total. The van der Waals surface area contributed by atoms with Crippen LogP contribution in [0.5, 0.6) is 0 Å². The molecule has 40 heavy (non-hydrogen) atoms. The summed E-state index contributed by atoms with van der Waals surface area (Å²) in [5.74, 6) is 1.22. The van der Waals surface area contributed by atoms with Crippen LogP contribution in [0.15, 0.2) is 42.5 Å². The number of ether oxygens (including phenoxy) is 2. The Kier molecular flexibility index (Phi) is 15.3. The van der Waals surface area contributed by atoms with E-state index in [0.29, 0.717) is 30.7 Å². The van der Waals surface area contributed by atoms with Gasteiger partial charge in [0.25, 0.3) is 0 Å². The van der Waals surface area contributed by atoms with Gasteiger partial charge in [-0.05, 0) is 75.7 Å². The Hall–Kier alpha value is -2.30. The monoisotopic (exact) mass is 553 g/mol. The average Bonchev–Trinajstić information content (AvgIpc) is 3.58. The van der Waals surface area contributed by atoms with Gasteiger partial charge in [0.05, 0.1) is 0 Å². The SMILES string of the molecule is CCCCCCCC/C=C\CCCCCCCC(=O)OCOC(=O)N(CC)C1C2CCC(C2)C1c1ccccc1. The second-order valence-electron chi connectivity index (χ2n) is 11.9. The molecule has 0 aliphatic heterocycles. The third-order valence-corrected chi connectivity index (χ3v) is 9.04. The molecule has 2 aliphatic carbocycles. The first-order chi connectivity index (χ1) is 19.7. The van der Waals surface area contributed by atoms with E-state index in [4.69, 9.17) is 9.47 Å². The molecule has 4 unspecified atom stereocenters. The van der Waals surface area contributed by atoms with E-state index >= 15 is 0 Å². The van der Waals surface area contributed by atoms with Crippen LogP contribution in [-0.4, -0.2) is 36.3 Å². The lowest BCUT2D eigenvalue weighted by molar-refractivity contribution is -0.152. The normalized spacial score (nSPS) is 21.6. The van der Waals surface area contributed by atoms with E-state index < -0.39 is 0 Å². The van der Waals surface area contributed by atoms with Gasteiger partial charge in [0.2, 0.25) is 6.79 Å². The summed E-state index contributed by atoms with van der Waals surface area (Å²) in [7, 11) is 0. The zero-order valence-corrected chi connectivity index (χ0v) is 25.4. The van der Waals surface area contributed by atoms with Crippen LogP contribution >= 0.6 is 0 Å². The van der Waals surface area contributed by atoms with Crippen LogP contribution in [0.1, 0.15) is 134 Å². The quantitative estimate of drug-likeness (QED) is 0.0698. The number of hydrogen-bond acceptors (Lipinski definition) is 4. The average molecular weight is 554 g/mol. The van der Waals surface area contributed by atoms with Gasteiger partial charge in [-0.25, -0.2) is 4.79 Å². The van der Waals surface area contributed by atoms with Gasteiger partial charge >= 0.3 is 12.1 Å². The van der Waals surface area contributed by atoms with Crippen molar-refractivity contribution >= 4 is 12.1 Å². The third-order valence-electron chi connectivity index (χ3n) is 9.04. The van der Waals surface area contributed by atoms with Crippen LogP contribution < -0.4 is 0 Å². The molecular formula is C35H55NO4. The highest BCUT2D eigenvalue weighted by molar-refractivity contribution is 5.70. The number of likely N-dealkylation sites (N-methyl/N-ethyl adjacent to an activating group) is 1. The van der Waals surface area contributed by atoms with E-state index in [2.05, 4.69) is 43.3 Å². The summed E-state index contributed by atoms with van der Waals surface area (Å²) in [4.78, 5) is 27.0. The summed E-state index contributed by atoms with van der Waals surface area (Å²) in [5.41, 5.74) is 1.32. The maximum Gasteiger partial charge on any atom is 0.412 e. The van der Waals surface area contributed by atoms with Gasteiger partial charge in [0, 0.05) is 24.9 Å². The molecule has 224 valence electrons. The summed E-state index contributed by atoms with van der Waals surface area (Å²) < 4.78 is 10.7.